The van der Waals surface area contributed by atoms with Gasteiger partial charge in [-0.3, -0.25) is 4.79 Å². The second kappa shape index (κ2) is 6.74. The maximum atomic E-state index is 13.4. The van der Waals surface area contributed by atoms with E-state index in [4.69, 9.17) is 4.74 Å². The topological polar surface area (TPSA) is 38.3 Å². The van der Waals surface area contributed by atoms with E-state index in [0.29, 0.717) is 29.7 Å². The predicted octanol–water partition coefficient (Wildman–Crippen LogP) is 3.88. The molecule has 3 heteroatoms. The number of piperidine rings is 1. The van der Waals surface area contributed by atoms with E-state index < -0.39 is 0 Å². The molecular formula is C20H29NO2. The van der Waals surface area contributed by atoms with Gasteiger partial charge in [-0.1, -0.05) is 45.9 Å². The van der Waals surface area contributed by atoms with Crippen LogP contribution in [0.15, 0.2) is 18.2 Å². The Morgan fingerprint density at radius 2 is 1.57 bits per heavy atom. The standard InChI is InChI=1S/C20H29NO2/c1-12(2)17-6-5-7-18(13(3)4)19(17)20(22)14-8-15-10-23-11-16(9-14)21-15/h5-7,12-16,21H,8-11H2,1-4H3. The van der Waals surface area contributed by atoms with Crippen LogP contribution in [0.3, 0.4) is 0 Å². The number of hydrogen-bond acceptors (Lipinski definition) is 3. The molecule has 0 radical (unpaired) electrons. The van der Waals surface area contributed by atoms with Crippen molar-refractivity contribution in [3.63, 3.8) is 0 Å². The van der Waals surface area contributed by atoms with Gasteiger partial charge in [-0.25, -0.2) is 0 Å². The van der Waals surface area contributed by atoms with Gasteiger partial charge in [-0.15, -0.1) is 0 Å². The molecule has 2 atom stereocenters. The molecule has 3 rings (SSSR count). The van der Waals surface area contributed by atoms with Gasteiger partial charge in [0.15, 0.2) is 5.78 Å². The van der Waals surface area contributed by atoms with Crippen LogP contribution in [-0.2, 0) is 4.74 Å². The van der Waals surface area contributed by atoms with E-state index in [0.717, 1.165) is 31.6 Å². The Kier molecular flexibility index (Phi) is 4.88. The van der Waals surface area contributed by atoms with Gasteiger partial charge in [0, 0.05) is 23.6 Å². The number of benzene rings is 1. The predicted molar refractivity (Wildman–Crippen MR) is 93.2 cm³/mol. The molecule has 2 heterocycles. The van der Waals surface area contributed by atoms with E-state index in [9.17, 15) is 4.79 Å². The van der Waals surface area contributed by atoms with Gasteiger partial charge in [0.2, 0.25) is 0 Å². The van der Waals surface area contributed by atoms with Crippen LogP contribution in [0.5, 0.6) is 0 Å². The van der Waals surface area contributed by atoms with Gasteiger partial charge >= 0.3 is 0 Å². The largest absolute Gasteiger partial charge is 0.378 e. The molecule has 2 aliphatic heterocycles. The SMILES string of the molecule is CC(C)c1cccc(C(C)C)c1C(=O)C1CC2COCC(C1)N2. The molecule has 1 N–H and O–H groups in total. The zero-order valence-corrected chi connectivity index (χ0v) is 14.8. The van der Waals surface area contributed by atoms with Gasteiger partial charge in [-0.05, 0) is 35.8 Å². The molecule has 2 unspecified atom stereocenters. The van der Waals surface area contributed by atoms with E-state index in [1.54, 1.807) is 0 Å². The van der Waals surface area contributed by atoms with E-state index in [2.05, 4.69) is 51.2 Å². The lowest BCUT2D eigenvalue weighted by Crippen LogP contribution is -2.55. The van der Waals surface area contributed by atoms with Gasteiger partial charge in [-0.2, -0.15) is 0 Å². The fourth-order valence-corrected chi connectivity index (χ4v) is 4.09. The molecule has 23 heavy (non-hydrogen) atoms. The average molecular weight is 315 g/mol. The summed E-state index contributed by atoms with van der Waals surface area (Å²) in [7, 11) is 0. The number of hydrogen-bond donors (Lipinski definition) is 1. The summed E-state index contributed by atoms with van der Waals surface area (Å²) in [6.45, 7) is 10.2. The first-order valence-electron chi connectivity index (χ1n) is 8.98. The molecule has 0 aliphatic carbocycles. The zero-order valence-electron chi connectivity index (χ0n) is 14.8. The van der Waals surface area contributed by atoms with Crippen molar-refractivity contribution in [3.05, 3.63) is 34.9 Å². The highest BCUT2D eigenvalue weighted by Crippen LogP contribution is 2.34. The summed E-state index contributed by atoms with van der Waals surface area (Å²) in [6.07, 6.45) is 1.80. The van der Waals surface area contributed by atoms with E-state index >= 15 is 0 Å². The molecule has 0 aromatic heterocycles. The summed E-state index contributed by atoms with van der Waals surface area (Å²) < 4.78 is 5.62. The first kappa shape index (κ1) is 16.7. The van der Waals surface area contributed by atoms with Gasteiger partial charge < -0.3 is 10.1 Å². The Hall–Kier alpha value is -1.19. The lowest BCUT2D eigenvalue weighted by molar-refractivity contribution is 0.00948. The van der Waals surface area contributed by atoms with Crippen LogP contribution in [0.2, 0.25) is 0 Å². The normalized spacial score (nSPS) is 27.5. The third-order valence-corrected chi connectivity index (χ3v) is 5.24. The van der Waals surface area contributed by atoms with Crippen LogP contribution in [0, 0.1) is 5.92 Å². The molecule has 0 saturated carbocycles. The van der Waals surface area contributed by atoms with E-state index in [-0.39, 0.29) is 5.92 Å². The van der Waals surface area contributed by atoms with Crippen molar-refractivity contribution >= 4 is 5.78 Å². The third-order valence-electron chi connectivity index (χ3n) is 5.24. The van der Waals surface area contributed by atoms with Crippen LogP contribution in [0.4, 0.5) is 0 Å². The number of carbonyl (C=O) groups excluding carboxylic acids is 1. The van der Waals surface area contributed by atoms with Crippen molar-refractivity contribution in [2.24, 2.45) is 5.92 Å². The number of fused-ring (bicyclic) bond motifs is 2. The highest BCUT2D eigenvalue weighted by Gasteiger charge is 2.37. The van der Waals surface area contributed by atoms with E-state index in [1.807, 2.05) is 0 Å². The molecule has 2 bridgehead atoms. The second-order valence-electron chi connectivity index (χ2n) is 7.75. The Morgan fingerprint density at radius 3 is 2.04 bits per heavy atom. The maximum Gasteiger partial charge on any atom is 0.166 e. The lowest BCUT2D eigenvalue weighted by atomic mass is 9.77. The summed E-state index contributed by atoms with van der Waals surface area (Å²) in [6, 6.07) is 7.05. The number of morpholine rings is 1. The zero-order chi connectivity index (χ0) is 16.6. The van der Waals surface area contributed by atoms with Crippen molar-refractivity contribution < 1.29 is 9.53 Å². The van der Waals surface area contributed by atoms with Crippen molar-refractivity contribution in [3.8, 4) is 0 Å². The first-order valence-corrected chi connectivity index (χ1v) is 8.98. The van der Waals surface area contributed by atoms with Crippen molar-refractivity contribution in [1.82, 2.24) is 5.32 Å². The summed E-state index contributed by atoms with van der Waals surface area (Å²) in [4.78, 5) is 13.4. The lowest BCUT2D eigenvalue weighted by Gasteiger charge is -2.40. The number of ether oxygens (including phenoxy) is 1. The molecule has 1 aromatic carbocycles. The summed E-state index contributed by atoms with van der Waals surface area (Å²) in [5.74, 6) is 1.23. The summed E-state index contributed by atoms with van der Waals surface area (Å²) in [5.41, 5.74) is 3.42. The van der Waals surface area contributed by atoms with Crippen molar-refractivity contribution in [1.29, 1.82) is 0 Å². The maximum absolute atomic E-state index is 13.4. The monoisotopic (exact) mass is 315 g/mol. The molecule has 126 valence electrons. The average Bonchev–Trinajstić information content (AvgIpc) is 2.52. The molecule has 0 amide bonds. The second-order valence-corrected chi connectivity index (χ2v) is 7.75. The quantitative estimate of drug-likeness (QED) is 0.857. The Labute approximate surface area is 139 Å². The first-order chi connectivity index (χ1) is 11.0. The minimum absolute atomic E-state index is 0.132. The van der Waals surface area contributed by atoms with Crippen LogP contribution >= 0.6 is 0 Å². The highest BCUT2D eigenvalue weighted by atomic mass is 16.5. The smallest absolute Gasteiger partial charge is 0.166 e. The summed E-state index contributed by atoms with van der Waals surface area (Å²) >= 11 is 0. The molecule has 0 spiro atoms. The summed E-state index contributed by atoms with van der Waals surface area (Å²) in [5, 5.41) is 3.59. The number of rotatable bonds is 4. The fourth-order valence-electron chi connectivity index (χ4n) is 4.09. The Bertz CT molecular complexity index is 541. The van der Waals surface area contributed by atoms with Crippen molar-refractivity contribution in [2.75, 3.05) is 13.2 Å². The molecule has 2 aliphatic rings. The molecular weight excluding hydrogens is 286 g/mol. The number of Topliss-reactive ketones (excluding diaryl/α,β-unsaturated/α-hetero) is 1. The number of nitrogens with one attached hydrogen (secondary N) is 1. The Balaban J connectivity index is 1.95. The van der Waals surface area contributed by atoms with Crippen molar-refractivity contribution in [2.45, 2.75) is 64.5 Å². The minimum atomic E-state index is 0.132. The number of ketones is 1. The molecule has 1 aromatic rings. The fraction of sp³-hybridized carbons (Fsp3) is 0.650. The molecule has 3 nitrogen and oxygen atoms in total. The minimum Gasteiger partial charge on any atom is -0.378 e. The molecule has 2 saturated heterocycles. The van der Waals surface area contributed by atoms with E-state index in [1.165, 1.54) is 11.1 Å². The third kappa shape index (κ3) is 3.36. The van der Waals surface area contributed by atoms with Crippen LogP contribution in [0.25, 0.3) is 0 Å². The highest BCUT2D eigenvalue weighted by molar-refractivity contribution is 6.01. The van der Waals surface area contributed by atoms with Gasteiger partial charge in [0.05, 0.1) is 13.2 Å². The number of carbonyl (C=O) groups is 1. The van der Waals surface area contributed by atoms with Crippen LogP contribution in [0.1, 0.15) is 73.9 Å². The van der Waals surface area contributed by atoms with Crippen LogP contribution in [-0.4, -0.2) is 31.1 Å². The Morgan fingerprint density at radius 1 is 1.04 bits per heavy atom. The van der Waals surface area contributed by atoms with Gasteiger partial charge in [0.1, 0.15) is 0 Å². The molecule has 2 fully saturated rings. The van der Waals surface area contributed by atoms with Crippen LogP contribution < -0.4 is 5.32 Å². The van der Waals surface area contributed by atoms with Gasteiger partial charge in [0.25, 0.3) is 0 Å².